The van der Waals surface area contributed by atoms with E-state index in [9.17, 15) is 9.59 Å². The standard InChI is InChI=1S/C24H21N3O2/c1-18(28)25-22-15-13-21(14-16-22)24(29)27-26-23(20-10-6-3-7-11-20)17-12-19-8-4-2-5-9-19/h2-17H,1H3,(H,25,28)(H,27,29). The fraction of sp³-hybridized carbons (Fsp3) is 0.0417. The number of carbonyl (C=O) groups is 2. The van der Waals surface area contributed by atoms with Gasteiger partial charge in [0.2, 0.25) is 5.91 Å². The summed E-state index contributed by atoms with van der Waals surface area (Å²) in [5.41, 5.74) is 6.25. The Morgan fingerprint density at radius 1 is 0.793 bits per heavy atom. The summed E-state index contributed by atoms with van der Waals surface area (Å²) >= 11 is 0. The summed E-state index contributed by atoms with van der Waals surface area (Å²) in [6, 6.07) is 26.1. The van der Waals surface area contributed by atoms with Crippen LogP contribution in [0.2, 0.25) is 0 Å². The van der Waals surface area contributed by atoms with Crippen LogP contribution in [0.1, 0.15) is 28.4 Å². The van der Waals surface area contributed by atoms with Crippen LogP contribution in [0.15, 0.2) is 96.1 Å². The van der Waals surface area contributed by atoms with Crippen molar-refractivity contribution in [1.82, 2.24) is 5.43 Å². The van der Waals surface area contributed by atoms with Crippen LogP contribution in [0.25, 0.3) is 6.08 Å². The molecule has 0 fully saturated rings. The topological polar surface area (TPSA) is 70.6 Å². The van der Waals surface area contributed by atoms with Gasteiger partial charge >= 0.3 is 0 Å². The molecule has 0 aromatic heterocycles. The van der Waals surface area contributed by atoms with E-state index in [0.717, 1.165) is 11.1 Å². The van der Waals surface area contributed by atoms with Crippen molar-refractivity contribution in [2.24, 2.45) is 5.10 Å². The molecule has 5 heteroatoms. The maximum Gasteiger partial charge on any atom is 0.271 e. The summed E-state index contributed by atoms with van der Waals surface area (Å²) in [5, 5.41) is 6.98. The fourth-order valence-electron chi connectivity index (χ4n) is 2.63. The van der Waals surface area contributed by atoms with E-state index in [1.54, 1.807) is 24.3 Å². The minimum absolute atomic E-state index is 0.162. The molecule has 3 aromatic carbocycles. The summed E-state index contributed by atoms with van der Waals surface area (Å²) in [4.78, 5) is 23.6. The summed E-state index contributed by atoms with van der Waals surface area (Å²) in [6.45, 7) is 1.43. The SMILES string of the molecule is CC(=O)Nc1ccc(C(=O)NN=C(C=Cc2ccccc2)c2ccccc2)cc1. The lowest BCUT2D eigenvalue weighted by Crippen LogP contribution is -2.19. The number of allylic oxidation sites excluding steroid dienone is 1. The zero-order chi connectivity index (χ0) is 20.5. The number of nitrogens with zero attached hydrogens (tertiary/aromatic N) is 1. The van der Waals surface area contributed by atoms with Crippen LogP contribution >= 0.6 is 0 Å². The third kappa shape index (κ3) is 6.01. The first kappa shape index (κ1) is 19.8. The van der Waals surface area contributed by atoms with Gasteiger partial charge in [-0.25, -0.2) is 5.43 Å². The van der Waals surface area contributed by atoms with Crippen molar-refractivity contribution in [2.75, 3.05) is 5.32 Å². The molecule has 0 radical (unpaired) electrons. The molecule has 2 amide bonds. The molecule has 0 atom stereocenters. The Balaban J connectivity index is 1.78. The van der Waals surface area contributed by atoms with E-state index in [1.165, 1.54) is 6.92 Å². The molecule has 0 heterocycles. The van der Waals surface area contributed by atoms with E-state index in [1.807, 2.05) is 72.8 Å². The molecule has 0 spiro atoms. The zero-order valence-corrected chi connectivity index (χ0v) is 16.0. The number of benzene rings is 3. The van der Waals surface area contributed by atoms with Gasteiger partial charge < -0.3 is 5.32 Å². The maximum absolute atomic E-state index is 12.5. The average molecular weight is 383 g/mol. The van der Waals surface area contributed by atoms with Crippen LogP contribution in [-0.2, 0) is 4.79 Å². The molecule has 0 unspecified atom stereocenters. The number of amides is 2. The van der Waals surface area contributed by atoms with Crippen LogP contribution < -0.4 is 10.7 Å². The molecule has 3 rings (SSSR count). The first-order valence-corrected chi connectivity index (χ1v) is 9.16. The van der Waals surface area contributed by atoms with Gasteiger partial charge in [-0.15, -0.1) is 0 Å². The zero-order valence-electron chi connectivity index (χ0n) is 16.0. The number of hydrogen-bond donors (Lipinski definition) is 2. The quantitative estimate of drug-likeness (QED) is 0.486. The van der Waals surface area contributed by atoms with Crippen LogP contribution in [0.4, 0.5) is 5.69 Å². The maximum atomic E-state index is 12.5. The van der Waals surface area contributed by atoms with E-state index in [0.29, 0.717) is 17.0 Å². The first-order valence-electron chi connectivity index (χ1n) is 9.16. The molecule has 0 aliphatic rings. The average Bonchev–Trinajstić information content (AvgIpc) is 2.75. The molecule has 0 aliphatic carbocycles. The van der Waals surface area contributed by atoms with Crippen molar-refractivity contribution in [2.45, 2.75) is 6.92 Å². The Labute approximate surface area is 169 Å². The predicted octanol–water partition coefficient (Wildman–Crippen LogP) is 4.49. The third-order valence-corrected chi connectivity index (χ3v) is 4.05. The third-order valence-electron chi connectivity index (χ3n) is 4.05. The number of rotatable bonds is 6. The minimum Gasteiger partial charge on any atom is -0.326 e. The summed E-state index contributed by atoms with van der Waals surface area (Å²) in [6.07, 6.45) is 3.81. The highest BCUT2D eigenvalue weighted by atomic mass is 16.2. The summed E-state index contributed by atoms with van der Waals surface area (Å²) < 4.78 is 0. The van der Waals surface area contributed by atoms with E-state index >= 15 is 0 Å². The molecule has 0 saturated heterocycles. The van der Waals surface area contributed by atoms with E-state index < -0.39 is 0 Å². The van der Waals surface area contributed by atoms with Crippen LogP contribution in [0.3, 0.4) is 0 Å². The lowest BCUT2D eigenvalue weighted by atomic mass is 10.1. The van der Waals surface area contributed by atoms with Crippen molar-refractivity contribution in [3.05, 3.63) is 108 Å². The Kier molecular flexibility index (Phi) is 6.68. The predicted molar refractivity (Wildman–Crippen MR) is 117 cm³/mol. The van der Waals surface area contributed by atoms with E-state index in [-0.39, 0.29) is 11.8 Å². The molecule has 144 valence electrons. The fourth-order valence-corrected chi connectivity index (χ4v) is 2.63. The molecular weight excluding hydrogens is 362 g/mol. The lowest BCUT2D eigenvalue weighted by Gasteiger charge is -2.06. The second kappa shape index (κ2) is 9.80. The van der Waals surface area contributed by atoms with Gasteiger partial charge in [0.1, 0.15) is 0 Å². The monoisotopic (exact) mass is 383 g/mol. The van der Waals surface area contributed by atoms with Gasteiger partial charge in [-0.2, -0.15) is 5.10 Å². The lowest BCUT2D eigenvalue weighted by molar-refractivity contribution is -0.114. The highest BCUT2D eigenvalue weighted by molar-refractivity contribution is 6.11. The van der Waals surface area contributed by atoms with Gasteiger partial charge in [-0.1, -0.05) is 66.7 Å². The highest BCUT2D eigenvalue weighted by Crippen LogP contribution is 2.10. The number of carbonyl (C=O) groups excluding carboxylic acids is 2. The van der Waals surface area contributed by atoms with Crippen molar-refractivity contribution in [1.29, 1.82) is 0 Å². The normalized spacial score (nSPS) is 11.3. The number of anilines is 1. The number of hydrazone groups is 1. The summed E-state index contributed by atoms with van der Waals surface area (Å²) in [7, 11) is 0. The van der Waals surface area contributed by atoms with Gasteiger partial charge in [0.05, 0.1) is 5.71 Å². The Morgan fingerprint density at radius 2 is 1.41 bits per heavy atom. The molecule has 0 saturated carbocycles. The number of nitrogens with one attached hydrogen (secondary N) is 2. The molecule has 2 N–H and O–H groups in total. The molecule has 3 aromatic rings. The van der Waals surface area contributed by atoms with Gasteiger partial charge in [-0.05, 0) is 35.9 Å². The Morgan fingerprint density at radius 3 is 2.03 bits per heavy atom. The second-order valence-corrected chi connectivity index (χ2v) is 6.31. The van der Waals surface area contributed by atoms with Crippen LogP contribution in [-0.4, -0.2) is 17.5 Å². The van der Waals surface area contributed by atoms with E-state index in [2.05, 4.69) is 15.8 Å². The Bertz CT molecular complexity index is 1020. The molecule has 0 aliphatic heterocycles. The van der Waals surface area contributed by atoms with Crippen molar-refractivity contribution in [3.63, 3.8) is 0 Å². The largest absolute Gasteiger partial charge is 0.326 e. The number of hydrogen-bond acceptors (Lipinski definition) is 3. The van der Waals surface area contributed by atoms with Gasteiger partial charge in [-0.3, -0.25) is 9.59 Å². The van der Waals surface area contributed by atoms with Crippen molar-refractivity contribution < 1.29 is 9.59 Å². The summed E-state index contributed by atoms with van der Waals surface area (Å²) in [5.74, 6) is -0.495. The smallest absolute Gasteiger partial charge is 0.271 e. The first-order chi connectivity index (χ1) is 14.1. The molecular formula is C24H21N3O2. The van der Waals surface area contributed by atoms with Crippen molar-refractivity contribution >= 4 is 29.3 Å². The van der Waals surface area contributed by atoms with Crippen molar-refractivity contribution in [3.8, 4) is 0 Å². The van der Waals surface area contributed by atoms with E-state index in [4.69, 9.17) is 0 Å². The van der Waals surface area contributed by atoms with Crippen LogP contribution in [0, 0.1) is 0 Å². The van der Waals surface area contributed by atoms with Crippen LogP contribution in [0.5, 0.6) is 0 Å². The van der Waals surface area contributed by atoms with Gasteiger partial charge in [0.25, 0.3) is 5.91 Å². The molecule has 29 heavy (non-hydrogen) atoms. The van der Waals surface area contributed by atoms with Gasteiger partial charge in [0, 0.05) is 23.7 Å². The Hall–Kier alpha value is -3.99. The highest BCUT2D eigenvalue weighted by Gasteiger charge is 2.06. The molecule has 5 nitrogen and oxygen atoms in total. The minimum atomic E-state index is -0.332. The van der Waals surface area contributed by atoms with Gasteiger partial charge in [0.15, 0.2) is 0 Å². The molecule has 0 bridgehead atoms. The second-order valence-electron chi connectivity index (χ2n) is 6.31.